The molecule has 0 aliphatic carbocycles. The van der Waals surface area contributed by atoms with E-state index < -0.39 is 18.2 Å². The second kappa shape index (κ2) is 5.85. The van der Waals surface area contributed by atoms with Gasteiger partial charge in [-0.2, -0.15) is 0 Å². The van der Waals surface area contributed by atoms with Gasteiger partial charge in [-0.1, -0.05) is 30.3 Å². The van der Waals surface area contributed by atoms with E-state index in [1.807, 2.05) is 37.3 Å². The van der Waals surface area contributed by atoms with Gasteiger partial charge in [-0.15, -0.1) is 0 Å². The normalized spacial score (nSPS) is 20.1. The van der Waals surface area contributed by atoms with Gasteiger partial charge in [0.25, 0.3) is 5.91 Å². The molecule has 0 saturated carbocycles. The Balaban J connectivity index is 1.79. The lowest BCUT2D eigenvalue weighted by molar-refractivity contribution is -0.119. The van der Waals surface area contributed by atoms with Crippen LogP contribution in [0, 0.1) is 6.92 Å². The van der Waals surface area contributed by atoms with Crippen LogP contribution in [0.1, 0.15) is 17.4 Å². The number of aromatic nitrogens is 1. The first-order valence-electron chi connectivity index (χ1n) is 6.89. The fraction of sp³-hybridized carbons (Fsp3) is 0.188. The van der Waals surface area contributed by atoms with Crippen LogP contribution in [0.2, 0.25) is 0 Å². The number of alkyl carbamates (subject to hydrolysis) is 1. The largest absolute Gasteiger partial charge is 0.439 e. The molecule has 6 heteroatoms. The van der Waals surface area contributed by atoms with Crippen LogP contribution < -0.4 is 10.6 Å². The SMILES string of the molecule is Cc1cc(NC(=O)C2NC(=O)OC2c2ccccc2)ccn1. The molecule has 1 aromatic heterocycles. The molecule has 2 N–H and O–H groups in total. The van der Waals surface area contributed by atoms with Gasteiger partial charge in [-0.05, 0) is 24.6 Å². The van der Waals surface area contributed by atoms with Crippen molar-refractivity contribution in [1.82, 2.24) is 10.3 Å². The number of carbonyl (C=O) groups excluding carboxylic acids is 2. The first-order chi connectivity index (χ1) is 10.6. The van der Waals surface area contributed by atoms with Gasteiger partial charge in [-0.3, -0.25) is 9.78 Å². The van der Waals surface area contributed by atoms with E-state index in [1.165, 1.54) is 0 Å². The van der Waals surface area contributed by atoms with E-state index in [9.17, 15) is 9.59 Å². The average molecular weight is 297 g/mol. The Labute approximate surface area is 127 Å². The van der Waals surface area contributed by atoms with Crippen LogP contribution >= 0.6 is 0 Å². The third kappa shape index (κ3) is 2.90. The maximum Gasteiger partial charge on any atom is 0.408 e. The molecule has 112 valence electrons. The van der Waals surface area contributed by atoms with Crippen LogP contribution in [-0.2, 0) is 9.53 Å². The number of hydrogen-bond acceptors (Lipinski definition) is 4. The monoisotopic (exact) mass is 297 g/mol. The van der Waals surface area contributed by atoms with Crippen LogP contribution in [0.4, 0.5) is 10.5 Å². The van der Waals surface area contributed by atoms with E-state index in [1.54, 1.807) is 18.3 Å². The predicted octanol–water partition coefficient (Wildman–Crippen LogP) is 2.18. The molecule has 3 rings (SSSR count). The highest BCUT2D eigenvalue weighted by Crippen LogP contribution is 2.27. The number of rotatable bonds is 3. The summed E-state index contributed by atoms with van der Waals surface area (Å²) in [6.07, 6.45) is 0.375. The highest BCUT2D eigenvalue weighted by Gasteiger charge is 2.40. The van der Waals surface area contributed by atoms with Crippen LogP contribution in [0.15, 0.2) is 48.7 Å². The second-order valence-electron chi connectivity index (χ2n) is 5.03. The maximum atomic E-state index is 12.4. The number of amides is 2. The van der Waals surface area contributed by atoms with Crippen LogP contribution in [-0.4, -0.2) is 23.0 Å². The quantitative estimate of drug-likeness (QED) is 0.910. The minimum Gasteiger partial charge on any atom is -0.439 e. The number of ether oxygens (including phenoxy) is 1. The van der Waals surface area contributed by atoms with Gasteiger partial charge in [0.15, 0.2) is 12.1 Å². The van der Waals surface area contributed by atoms with Gasteiger partial charge in [-0.25, -0.2) is 4.79 Å². The molecule has 2 unspecified atom stereocenters. The number of anilines is 1. The molecule has 2 aromatic rings. The van der Waals surface area contributed by atoms with Crippen molar-refractivity contribution in [3.8, 4) is 0 Å². The van der Waals surface area contributed by atoms with Crippen LogP contribution in [0.3, 0.4) is 0 Å². The van der Waals surface area contributed by atoms with Gasteiger partial charge < -0.3 is 15.4 Å². The third-order valence-electron chi connectivity index (χ3n) is 3.38. The molecule has 1 aliphatic heterocycles. The molecule has 2 amide bonds. The molecule has 22 heavy (non-hydrogen) atoms. The molecule has 2 heterocycles. The molecule has 1 saturated heterocycles. The van der Waals surface area contributed by atoms with Crippen molar-refractivity contribution >= 4 is 17.7 Å². The van der Waals surface area contributed by atoms with Crippen molar-refractivity contribution in [3.63, 3.8) is 0 Å². The predicted molar refractivity (Wildman–Crippen MR) is 80.2 cm³/mol. The van der Waals surface area contributed by atoms with E-state index in [0.29, 0.717) is 5.69 Å². The van der Waals surface area contributed by atoms with E-state index in [-0.39, 0.29) is 5.91 Å². The molecule has 0 radical (unpaired) electrons. The molecule has 1 aromatic carbocycles. The Hall–Kier alpha value is -2.89. The molecule has 1 fully saturated rings. The first-order valence-corrected chi connectivity index (χ1v) is 6.89. The molecule has 0 bridgehead atoms. The molecular weight excluding hydrogens is 282 g/mol. The van der Waals surface area contributed by atoms with Crippen molar-refractivity contribution in [1.29, 1.82) is 0 Å². The van der Waals surface area contributed by atoms with Crippen molar-refractivity contribution in [2.45, 2.75) is 19.1 Å². The van der Waals surface area contributed by atoms with Crippen molar-refractivity contribution < 1.29 is 14.3 Å². The fourth-order valence-electron chi connectivity index (χ4n) is 2.37. The van der Waals surface area contributed by atoms with Gasteiger partial charge in [0.2, 0.25) is 0 Å². The Morgan fingerprint density at radius 3 is 2.77 bits per heavy atom. The van der Waals surface area contributed by atoms with Crippen LogP contribution in [0.25, 0.3) is 0 Å². The third-order valence-corrected chi connectivity index (χ3v) is 3.38. The summed E-state index contributed by atoms with van der Waals surface area (Å²) in [5.74, 6) is -0.328. The highest BCUT2D eigenvalue weighted by atomic mass is 16.6. The lowest BCUT2D eigenvalue weighted by Gasteiger charge is -2.17. The molecule has 6 nitrogen and oxygen atoms in total. The number of benzene rings is 1. The number of aryl methyl sites for hydroxylation is 1. The Morgan fingerprint density at radius 2 is 2.05 bits per heavy atom. The Morgan fingerprint density at radius 1 is 1.27 bits per heavy atom. The number of nitrogens with zero attached hydrogens (tertiary/aromatic N) is 1. The minimum atomic E-state index is -0.775. The van der Waals surface area contributed by atoms with E-state index in [2.05, 4.69) is 15.6 Å². The van der Waals surface area contributed by atoms with Crippen molar-refractivity contribution in [2.24, 2.45) is 0 Å². The van der Waals surface area contributed by atoms with Crippen molar-refractivity contribution in [2.75, 3.05) is 5.32 Å². The summed E-state index contributed by atoms with van der Waals surface area (Å²) >= 11 is 0. The number of carbonyl (C=O) groups is 2. The zero-order valence-corrected chi connectivity index (χ0v) is 11.9. The second-order valence-corrected chi connectivity index (χ2v) is 5.03. The van der Waals surface area contributed by atoms with Gasteiger partial charge >= 0.3 is 6.09 Å². The van der Waals surface area contributed by atoms with Gasteiger partial charge in [0.1, 0.15) is 0 Å². The smallest absolute Gasteiger partial charge is 0.408 e. The molecule has 1 aliphatic rings. The number of cyclic esters (lactones) is 1. The molecule has 0 spiro atoms. The summed E-state index contributed by atoms with van der Waals surface area (Å²) in [7, 11) is 0. The topological polar surface area (TPSA) is 80.3 Å². The minimum absolute atomic E-state index is 0.328. The summed E-state index contributed by atoms with van der Waals surface area (Å²) in [6, 6.07) is 11.9. The van der Waals surface area contributed by atoms with Crippen LogP contribution in [0.5, 0.6) is 0 Å². The zero-order valence-electron chi connectivity index (χ0n) is 11.9. The molecule has 2 atom stereocenters. The molecular formula is C16H15N3O3. The highest BCUT2D eigenvalue weighted by molar-refractivity contribution is 5.98. The lowest BCUT2D eigenvalue weighted by Crippen LogP contribution is -2.40. The zero-order chi connectivity index (χ0) is 15.5. The standard InChI is InChI=1S/C16H15N3O3/c1-10-9-12(7-8-17-10)18-15(20)13-14(22-16(21)19-13)11-5-3-2-4-6-11/h2-9,13-14H,1H3,(H,19,21)(H,17,18,20). The Kier molecular flexibility index (Phi) is 3.74. The fourth-order valence-corrected chi connectivity index (χ4v) is 2.37. The number of pyridine rings is 1. The van der Waals surface area contributed by atoms with E-state index in [0.717, 1.165) is 11.3 Å². The number of hydrogen-bond donors (Lipinski definition) is 2. The number of nitrogens with one attached hydrogen (secondary N) is 2. The van der Waals surface area contributed by atoms with Gasteiger partial charge in [0.05, 0.1) is 0 Å². The van der Waals surface area contributed by atoms with E-state index >= 15 is 0 Å². The van der Waals surface area contributed by atoms with Crippen molar-refractivity contribution in [3.05, 3.63) is 59.9 Å². The van der Waals surface area contributed by atoms with Gasteiger partial charge in [0, 0.05) is 17.6 Å². The average Bonchev–Trinajstić information content (AvgIpc) is 2.90. The van der Waals surface area contributed by atoms with E-state index in [4.69, 9.17) is 4.74 Å². The summed E-state index contributed by atoms with van der Waals surface area (Å²) in [6.45, 7) is 1.84. The maximum absolute atomic E-state index is 12.4. The lowest BCUT2D eigenvalue weighted by atomic mass is 10.0. The Bertz CT molecular complexity index is 703. The summed E-state index contributed by atoms with van der Waals surface area (Å²) in [4.78, 5) is 28.0. The first kappa shape index (κ1) is 14.1. The summed E-state index contributed by atoms with van der Waals surface area (Å²) in [5.41, 5.74) is 2.20. The summed E-state index contributed by atoms with van der Waals surface area (Å²) < 4.78 is 5.22. The summed E-state index contributed by atoms with van der Waals surface area (Å²) in [5, 5.41) is 5.32.